The van der Waals surface area contributed by atoms with Gasteiger partial charge in [-0.05, 0) is 46.3 Å². The van der Waals surface area contributed by atoms with Crippen molar-refractivity contribution in [1.82, 2.24) is 10.3 Å². The number of halogens is 2. The summed E-state index contributed by atoms with van der Waals surface area (Å²) in [5.41, 5.74) is 0.383. The van der Waals surface area contributed by atoms with Crippen LogP contribution in [0.2, 0.25) is 0 Å². The first-order valence-corrected chi connectivity index (χ1v) is 8.24. The van der Waals surface area contributed by atoms with Gasteiger partial charge in [0.25, 0.3) is 5.91 Å². The highest BCUT2D eigenvalue weighted by atomic mass is 79.9. The van der Waals surface area contributed by atoms with E-state index in [4.69, 9.17) is 4.42 Å². The summed E-state index contributed by atoms with van der Waals surface area (Å²) in [6.45, 7) is 0.235. The van der Waals surface area contributed by atoms with Crippen LogP contribution in [0.1, 0.15) is 16.1 Å². The first-order valence-electron chi connectivity index (χ1n) is 6.65. The third-order valence-electron chi connectivity index (χ3n) is 3.15. The van der Waals surface area contributed by atoms with Gasteiger partial charge in [0.2, 0.25) is 0 Å². The van der Waals surface area contributed by atoms with Crippen molar-refractivity contribution < 1.29 is 9.21 Å². The number of benzene rings is 1. The average molecular weight is 438 g/mol. The van der Waals surface area contributed by atoms with E-state index in [0.29, 0.717) is 21.1 Å². The summed E-state index contributed by atoms with van der Waals surface area (Å²) in [6.07, 6.45) is 1.64. The monoisotopic (exact) mass is 436 g/mol. The van der Waals surface area contributed by atoms with Crippen LogP contribution in [0, 0.1) is 0 Å². The molecule has 3 rings (SSSR count). The Labute approximate surface area is 148 Å². The van der Waals surface area contributed by atoms with Crippen LogP contribution in [0.15, 0.2) is 60.8 Å². The lowest BCUT2D eigenvalue weighted by molar-refractivity contribution is 0.0947. The predicted octanol–water partition coefficient (Wildman–Crippen LogP) is 3.64. The van der Waals surface area contributed by atoms with Crippen molar-refractivity contribution in [2.24, 2.45) is 0 Å². The Morgan fingerprint density at radius 2 is 2.04 bits per heavy atom. The fourth-order valence-electron chi connectivity index (χ4n) is 2.08. The smallest absolute Gasteiger partial charge is 0.349 e. The molecule has 1 aromatic carbocycles. The summed E-state index contributed by atoms with van der Waals surface area (Å²) in [5.74, 6) is -0.498. The van der Waals surface area contributed by atoms with Gasteiger partial charge in [0.15, 0.2) is 5.58 Å². The van der Waals surface area contributed by atoms with Gasteiger partial charge in [0.05, 0.1) is 16.7 Å². The molecule has 3 aromatic rings. The second-order valence-electron chi connectivity index (χ2n) is 4.76. The average Bonchev–Trinajstić information content (AvgIpc) is 2.54. The first-order chi connectivity index (χ1) is 11.0. The van der Waals surface area contributed by atoms with Crippen molar-refractivity contribution in [3.8, 4) is 0 Å². The Hall–Kier alpha value is -1.99. The van der Waals surface area contributed by atoms with E-state index in [1.165, 1.54) is 6.07 Å². The van der Waals surface area contributed by atoms with Gasteiger partial charge in [-0.15, -0.1) is 0 Å². The molecule has 0 spiro atoms. The summed E-state index contributed by atoms with van der Waals surface area (Å²) in [7, 11) is 0. The second kappa shape index (κ2) is 6.64. The quantitative estimate of drug-likeness (QED) is 0.635. The maximum Gasteiger partial charge on any atom is 0.349 e. The molecule has 0 atom stereocenters. The standard InChI is InChI=1S/C16H10Br2N2O3/c17-10-5-9-6-12(16(22)23-14(9)13(18)7-10)15(21)20-8-11-3-1-2-4-19-11/h1-7H,8H2,(H,20,21). The Balaban J connectivity index is 1.91. The Bertz CT molecular complexity index is 939. The number of nitrogens with zero attached hydrogens (tertiary/aromatic N) is 1. The first kappa shape index (κ1) is 15.9. The van der Waals surface area contributed by atoms with Crippen molar-refractivity contribution in [3.05, 3.63) is 73.2 Å². The van der Waals surface area contributed by atoms with Gasteiger partial charge in [-0.2, -0.15) is 0 Å². The van der Waals surface area contributed by atoms with E-state index in [-0.39, 0.29) is 12.1 Å². The zero-order valence-corrected chi connectivity index (χ0v) is 14.8. The highest BCUT2D eigenvalue weighted by Gasteiger charge is 2.15. The van der Waals surface area contributed by atoms with Gasteiger partial charge < -0.3 is 9.73 Å². The molecule has 5 nitrogen and oxygen atoms in total. The molecule has 0 aliphatic rings. The van der Waals surface area contributed by atoms with Crippen molar-refractivity contribution >= 4 is 48.7 Å². The van der Waals surface area contributed by atoms with E-state index in [1.807, 2.05) is 6.07 Å². The Morgan fingerprint density at radius 1 is 1.22 bits per heavy atom. The highest BCUT2D eigenvalue weighted by molar-refractivity contribution is 9.11. The maximum absolute atomic E-state index is 12.2. The molecule has 0 bridgehead atoms. The molecule has 0 unspecified atom stereocenters. The molecule has 2 aromatic heterocycles. The highest BCUT2D eigenvalue weighted by Crippen LogP contribution is 2.27. The Kier molecular flexibility index (Phi) is 4.58. The topological polar surface area (TPSA) is 72.2 Å². The molecule has 0 saturated heterocycles. The van der Waals surface area contributed by atoms with E-state index >= 15 is 0 Å². The van der Waals surface area contributed by atoms with Gasteiger partial charge in [0, 0.05) is 16.1 Å². The summed E-state index contributed by atoms with van der Waals surface area (Å²) < 4.78 is 6.70. The minimum atomic E-state index is -0.681. The van der Waals surface area contributed by atoms with Crippen molar-refractivity contribution in [2.45, 2.75) is 6.54 Å². The van der Waals surface area contributed by atoms with E-state index < -0.39 is 11.5 Å². The molecule has 0 radical (unpaired) electrons. The minimum Gasteiger partial charge on any atom is -0.421 e. The number of amides is 1. The number of hydrogen-bond acceptors (Lipinski definition) is 4. The molecule has 0 aliphatic carbocycles. The fourth-order valence-corrected chi connectivity index (χ4v) is 3.42. The number of hydrogen-bond donors (Lipinski definition) is 1. The molecule has 7 heteroatoms. The van der Waals surface area contributed by atoms with Crippen LogP contribution in [-0.2, 0) is 6.54 Å². The molecule has 116 valence electrons. The zero-order chi connectivity index (χ0) is 16.4. The number of carbonyl (C=O) groups excluding carboxylic acids is 1. The van der Waals surface area contributed by atoms with Crippen LogP contribution in [-0.4, -0.2) is 10.9 Å². The van der Waals surface area contributed by atoms with Crippen molar-refractivity contribution in [3.63, 3.8) is 0 Å². The number of pyridine rings is 1. The lowest BCUT2D eigenvalue weighted by Crippen LogP contribution is -2.28. The Morgan fingerprint density at radius 3 is 2.78 bits per heavy atom. The molecule has 0 aliphatic heterocycles. The molecular formula is C16H10Br2N2O3. The van der Waals surface area contributed by atoms with Gasteiger partial charge in [-0.25, -0.2) is 4.79 Å². The minimum absolute atomic E-state index is 0.0431. The van der Waals surface area contributed by atoms with E-state index in [2.05, 4.69) is 42.2 Å². The van der Waals surface area contributed by atoms with Gasteiger partial charge in [-0.3, -0.25) is 9.78 Å². The summed E-state index contributed by atoms with van der Waals surface area (Å²) in [4.78, 5) is 28.4. The molecule has 23 heavy (non-hydrogen) atoms. The maximum atomic E-state index is 12.2. The number of carbonyl (C=O) groups is 1. The lowest BCUT2D eigenvalue weighted by Gasteiger charge is -2.06. The number of rotatable bonds is 3. The normalized spacial score (nSPS) is 10.7. The number of aromatic nitrogens is 1. The van der Waals surface area contributed by atoms with E-state index in [0.717, 1.165) is 4.47 Å². The number of fused-ring (bicyclic) bond motifs is 1. The molecule has 2 heterocycles. The zero-order valence-electron chi connectivity index (χ0n) is 11.7. The van der Waals surface area contributed by atoms with Crippen LogP contribution >= 0.6 is 31.9 Å². The molecular weight excluding hydrogens is 428 g/mol. The number of nitrogens with one attached hydrogen (secondary N) is 1. The van der Waals surface area contributed by atoms with Crippen LogP contribution < -0.4 is 10.9 Å². The molecule has 1 amide bonds. The van der Waals surface area contributed by atoms with Crippen LogP contribution in [0.5, 0.6) is 0 Å². The third-order valence-corrected chi connectivity index (χ3v) is 4.20. The van der Waals surface area contributed by atoms with Crippen LogP contribution in [0.3, 0.4) is 0 Å². The summed E-state index contributed by atoms with van der Waals surface area (Å²) in [5, 5.41) is 3.31. The van der Waals surface area contributed by atoms with E-state index in [9.17, 15) is 9.59 Å². The third kappa shape index (κ3) is 3.51. The molecule has 1 N–H and O–H groups in total. The van der Waals surface area contributed by atoms with Gasteiger partial charge in [-0.1, -0.05) is 22.0 Å². The van der Waals surface area contributed by atoms with Crippen LogP contribution in [0.25, 0.3) is 11.0 Å². The SMILES string of the molecule is O=C(NCc1ccccn1)c1cc2cc(Br)cc(Br)c2oc1=O. The lowest BCUT2D eigenvalue weighted by atomic mass is 10.2. The summed E-state index contributed by atoms with van der Waals surface area (Å²) >= 11 is 6.70. The largest absolute Gasteiger partial charge is 0.421 e. The predicted molar refractivity (Wildman–Crippen MR) is 93.3 cm³/mol. The summed E-state index contributed by atoms with van der Waals surface area (Å²) in [6, 6.07) is 10.5. The van der Waals surface area contributed by atoms with Gasteiger partial charge in [0.1, 0.15) is 5.56 Å². The van der Waals surface area contributed by atoms with E-state index in [1.54, 1.807) is 30.5 Å². The van der Waals surface area contributed by atoms with Crippen molar-refractivity contribution in [1.29, 1.82) is 0 Å². The van der Waals surface area contributed by atoms with Crippen molar-refractivity contribution in [2.75, 3.05) is 0 Å². The second-order valence-corrected chi connectivity index (χ2v) is 6.53. The van der Waals surface area contributed by atoms with Crippen LogP contribution in [0.4, 0.5) is 0 Å². The van der Waals surface area contributed by atoms with Gasteiger partial charge >= 0.3 is 5.63 Å². The molecule has 0 fully saturated rings. The fraction of sp³-hybridized carbons (Fsp3) is 0.0625. The molecule has 0 saturated carbocycles.